The van der Waals surface area contributed by atoms with Crippen molar-refractivity contribution in [1.82, 2.24) is 4.90 Å². The summed E-state index contributed by atoms with van der Waals surface area (Å²) in [5, 5.41) is 0. The fraction of sp³-hybridized carbons (Fsp3) is 0.462. The molecule has 0 aromatic heterocycles. The summed E-state index contributed by atoms with van der Waals surface area (Å²) in [6.45, 7) is 2.16. The largest absolute Gasteiger partial charge is 0.342 e. The summed E-state index contributed by atoms with van der Waals surface area (Å²) in [6, 6.07) is 4.68. The van der Waals surface area contributed by atoms with E-state index in [9.17, 15) is 9.18 Å². The number of amides is 1. The number of likely N-dealkylation sites (tertiary alicyclic amines) is 1. The molecule has 1 saturated heterocycles. The first-order chi connectivity index (χ1) is 8.60. The fourth-order valence-corrected chi connectivity index (χ4v) is 2.61. The van der Waals surface area contributed by atoms with Crippen molar-refractivity contribution in [3.05, 3.63) is 34.1 Å². The van der Waals surface area contributed by atoms with E-state index in [0.717, 1.165) is 25.1 Å². The average molecular weight is 315 g/mol. The summed E-state index contributed by atoms with van der Waals surface area (Å²) in [4.78, 5) is 13.9. The van der Waals surface area contributed by atoms with Crippen LogP contribution >= 0.6 is 15.9 Å². The van der Waals surface area contributed by atoms with Gasteiger partial charge in [-0.15, -0.1) is 0 Å². The number of carbonyl (C=O) groups excluding carboxylic acids is 1. The van der Waals surface area contributed by atoms with Gasteiger partial charge in [-0.3, -0.25) is 4.79 Å². The number of hydrogen-bond acceptors (Lipinski definition) is 2. The highest BCUT2D eigenvalue weighted by Gasteiger charge is 2.25. The Morgan fingerprint density at radius 3 is 2.94 bits per heavy atom. The van der Waals surface area contributed by atoms with Gasteiger partial charge >= 0.3 is 0 Å². The Balaban J connectivity index is 1.97. The molecule has 2 rings (SSSR count). The second-order valence-corrected chi connectivity index (χ2v) is 5.51. The molecule has 98 valence electrons. The van der Waals surface area contributed by atoms with Gasteiger partial charge in [0, 0.05) is 13.1 Å². The highest BCUT2D eigenvalue weighted by atomic mass is 79.9. The molecule has 1 aliphatic rings. The van der Waals surface area contributed by atoms with Crippen LogP contribution in [0.25, 0.3) is 0 Å². The van der Waals surface area contributed by atoms with Crippen molar-refractivity contribution in [2.75, 3.05) is 19.6 Å². The zero-order chi connectivity index (χ0) is 13.1. The zero-order valence-corrected chi connectivity index (χ0v) is 11.6. The molecule has 3 nitrogen and oxygen atoms in total. The lowest BCUT2D eigenvalue weighted by atomic mass is 10.1. The van der Waals surface area contributed by atoms with Crippen molar-refractivity contribution < 1.29 is 9.18 Å². The maximum absolute atomic E-state index is 13.1. The number of halogens is 2. The fourth-order valence-electron chi connectivity index (χ4n) is 2.19. The maximum Gasteiger partial charge on any atom is 0.227 e. The van der Waals surface area contributed by atoms with E-state index in [2.05, 4.69) is 15.9 Å². The molecule has 1 fully saturated rings. The predicted molar refractivity (Wildman–Crippen MR) is 71.5 cm³/mol. The van der Waals surface area contributed by atoms with Gasteiger partial charge in [-0.25, -0.2) is 4.39 Å². The molecule has 1 atom stereocenters. The second-order valence-electron chi connectivity index (χ2n) is 4.66. The molecule has 1 aliphatic heterocycles. The van der Waals surface area contributed by atoms with E-state index in [1.165, 1.54) is 6.07 Å². The first kappa shape index (κ1) is 13.5. The van der Waals surface area contributed by atoms with Crippen molar-refractivity contribution in [1.29, 1.82) is 0 Å². The number of carbonyl (C=O) groups is 1. The minimum atomic E-state index is -0.310. The molecule has 1 amide bonds. The number of benzene rings is 1. The molecule has 18 heavy (non-hydrogen) atoms. The zero-order valence-electron chi connectivity index (χ0n) is 10.0. The van der Waals surface area contributed by atoms with Crippen LogP contribution in [-0.4, -0.2) is 30.4 Å². The van der Waals surface area contributed by atoms with E-state index in [1.54, 1.807) is 12.1 Å². The van der Waals surface area contributed by atoms with Crippen LogP contribution in [0.2, 0.25) is 0 Å². The summed E-state index contributed by atoms with van der Waals surface area (Å²) >= 11 is 3.12. The molecular formula is C13H16BrFN2O. The van der Waals surface area contributed by atoms with Crippen molar-refractivity contribution in [3.63, 3.8) is 0 Å². The van der Waals surface area contributed by atoms with Crippen LogP contribution < -0.4 is 5.73 Å². The minimum absolute atomic E-state index is 0.0875. The first-order valence-corrected chi connectivity index (χ1v) is 6.81. The van der Waals surface area contributed by atoms with Crippen LogP contribution in [0, 0.1) is 11.7 Å². The predicted octanol–water partition coefficient (Wildman–Crippen LogP) is 1.94. The van der Waals surface area contributed by atoms with Gasteiger partial charge < -0.3 is 10.6 Å². The van der Waals surface area contributed by atoms with Crippen LogP contribution in [0.1, 0.15) is 12.0 Å². The molecule has 0 spiro atoms. The lowest BCUT2D eigenvalue weighted by molar-refractivity contribution is -0.129. The third-order valence-electron chi connectivity index (χ3n) is 3.31. The maximum atomic E-state index is 13.1. The van der Waals surface area contributed by atoms with Gasteiger partial charge in [0.05, 0.1) is 10.9 Å². The van der Waals surface area contributed by atoms with Crippen molar-refractivity contribution in [2.24, 2.45) is 11.7 Å². The summed E-state index contributed by atoms with van der Waals surface area (Å²) in [5.74, 6) is 0.203. The summed E-state index contributed by atoms with van der Waals surface area (Å²) in [6.07, 6.45) is 1.30. The Bertz CT molecular complexity index is 453. The highest BCUT2D eigenvalue weighted by Crippen LogP contribution is 2.19. The Morgan fingerprint density at radius 1 is 1.56 bits per heavy atom. The Kier molecular flexibility index (Phi) is 4.35. The van der Waals surface area contributed by atoms with E-state index >= 15 is 0 Å². The molecule has 0 unspecified atom stereocenters. The number of nitrogens with two attached hydrogens (primary N) is 1. The minimum Gasteiger partial charge on any atom is -0.342 e. The Morgan fingerprint density at radius 2 is 2.33 bits per heavy atom. The topological polar surface area (TPSA) is 46.3 Å². The van der Waals surface area contributed by atoms with Gasteiger partial charge in [0.1, 0.15) is 5.82 Å². The molecule has 1 aromatic carbocycles. The van der Waals surface area contributed by atoms with E-state index in [0.29, 0.717) is 23.4 Å². The molecule has 0 aliphatic carbocycles. The molecule has 1 heterocycles. The van der Waals surface area contributed by atoms with Crippen LogP contribution in [0.5, 0.6) is 0 Å². The summed E-state index contributed by atoms with van der Waals surface area (Å²) in [5.41, 5.74) is 6.42. The third kappa shape index (κ3) is 3.09. The smallest absolute Gasteiger partial charge is 0.227 e. The molecular weight excluding hydrogens is 299 g/mol. The highest BCUT2D eigenvalue weighted by molar-refractivity contribution is 9.10. The Hall–Kier alpha value is -0.940. The van der Waals surface area contributed by atoms with Gasteiger partial charge in [0.25, 0.3) is 0 Å². The van der Waals surface area contributed by atoms with Crippen LogP contribution in [0.3, 0.4) is 0 Å². The summed E-state index contributed by atoms with van der Waals surface area (Å²) < 4.78 is 13.5. The van der Waals surface area contributed by atoms with Crippen LogP contribution in [0.15, 0.2) is 22.7 Å². The van der Waals surface area contributed by atoms with E-state index < -0.39 is 0 Å². The van der Waals surface area contributed by atoms with Crippen molar-refractivity contribution >= 4 is 21.8 Å². The SMILES string of the molecule is NC[C@H]1CCN(C(=O)Cc2ccc(F)c(Br)c2)C1. The number of nitrogens with zero attached hydrogens (tertiary/aromatic N) is 1. The van der Waals surface area contributed by atoms with Crippen molar-refractivity contribution in [3.8, 4) is 0 Å². The monoisotopic (exact) mass is 314 g/mol. The Labute approximate surface area is 114 Å². The molecule has 0 bridgehead atoms. The quantitative estimate of drug-likeness (QED) is 0.926. The van der Waals surface area contributed by atoms with Gasteiger partial charge in [-0.2, -0.15) is 0 Å². The molecule has 0 saturated carbocycles. The summed E-state index contributed by atoms with van der Waals surface area (Å²) in [7, 11) is 0. The van der Waals surface area contributed by atoms with E-state index in [1.807, 2.05) is 4.90 Å². The molecule has 0 radical (unpaired) electrons. The van der Waals surface area contributed by atoms with Gasteiger partial charge in [-0.1, -0.05) is 6.07 Å². The first-order valence-electron chi connectivity index (χ1n) is 6.02. The van der Waals surface area contributed by atoms with Gasteiger partial charge in [0.15, 0.2) is 0 Å². The molecule has 1 aromatic rings. The van der Waals surface area contributed by atoms with Crippen LogP contribution in [-0.2, 0) is 11.2 Å². The number of rotatable bonds is 3. The normalized spacial score (nSPS) is 19.3. The van der Waals surface area contributed by atoms with Gasteiger partial charge in [-0.05, 0) is 52.5 Å². The molecule has 2 N–H and O–H groups in total. The molecule has 5 heteroatoms. The lowest BCUT2D eigenvalue weighted by Crippen LogP contribution is -2.31. The average Bonchev–Trinajstić information content (AvgIpc) is 2.82. The van der Waals surface area contributed by atoms with Gasteiger partial charge in [0.2, 0.25) is 5.91 Å². The lowest BCUT2D eigenvalue weighted by Gasteiger charge is -2.16. The van der Waals surface area contributed by atoms with E-state index in [-0.39, 0.29) is 11.7 Å². The van der Waals surface area contributed by atoms with Crippen molar-refractivity contribution in [2.45, 2.75) is 12.8 Å². The van der Waals surface area contributed by atoms with E-state index in [4.69, 9.17) is 5.73 Å². The standard InChI is InChI=1S/C13H16BrFN2O/c14-11-5-9(1-2-12(11)15)6-13(18)17-4-3-10(7-16)8-17/h1-2,5,10H,3-4,6-8,16H2/t10-/m1/s1. The second kappa shape index (κ2) is 5.80. The third-order valence-corrected chi connectivity index (χ3v) is 3.92. The van der Waals surface area contributed by atoms with Crippen LogP contribution in [0.4, 0.5) is 4.39 Å². The number of hydrogen-bond donors (Lipinski definition) is 1.